The highest BCUT2D eigenvalue weighted by molar-refractivity contribution is 5.78. The maximum Gasteiger partial charge on any atom is 0.323 e. The SMILES string of the molecule is CCCC(C)N(C)CCCC(C)(NC(C)C)C(=O)O. The minimum absolute atomic E-state index is 0.179. The number of rotatable bonds is 10. The van der Waals surface area contributed by atoms with E-state index in [1.165, 1.54) is 12.8 Å². The molecule has 2 N–H and O–H groups in total. The van der Waals surface area contributed by atoms with Gasteiger partial charge >= 0.3 is 5.97 Å². The molecule has 0 saturated heterocycles. The Labute approximate surface area is 118 Å². The molecule has 0 aliphatic rings. The van der Waals surface area contributed by atoms with E-state index in [9.17, 15) is 9.90 Å². The quantitative estimate of drug-likeness (QED) is 0.642. The third-order valence-electron chi connectivity index (χ3n) is 3.73. The lowest BCUT2D eigenvalue weighted by Gasteiger charge is -2.30. The van der Waals surface area contributed by atoms with Crippen molar-refractivity contribution in [3.63, 3.8) is 0 Å². The number of nitrogens with zero attached hydrogens (tertiary/aromatic N) is 1. The van der Waals surface area contributed by atoms with Crippen LogP contribution in [0.4, 0.5) is 0 Å². The molecule has 0 aromatic carbocycles. The predicted molar refractivity (Wildman–Crippen MR) is 80.5 cm³/mol. The average Bonchev–Trinajstić information content (AvgIpc) is 2.27. The van der Waals surface area contributed by atoms with Crippen LogP contribution in [0.1, 0.15) is 60.3 Å². The molecule has 0 spiro atoms. The van der Waals surface area contributed by atoms with Gasteiger partial charge < -0.3 is 10.0 Å². The maximum atomic E-state index is 11.4. The highest BCUT2D eigenvalue weighted by Crippen LogP contribution is 2.15. The van der Waals surface area contributed by atoms with Crippen LogP contribution in [-0.4, -0.2) is 47.2 Å². The van der Waals surface area contributed by atoms with E-state index < -0.39 is 11.5 Å². The van der Waals surface area contributed by atoms with E-state index in [0.717, 1.165) is 13.0 Å². The van der Waals surface area contributed by atoms with Gasteiger partial charge in [0.1, 0.15) is 5.54 Å². The minimum atomic E-state index is -0.816. The first-order chi connectivity index (χ1) is 8.73. The molecule has 0 saturated carbocycles. The molecule has 0 rings (SSSR count). The first-order valence-electron chi connectivity index (χ1n) is 7.44. The minimum Gasteiger partial charge on any atom is -0.480 e. The van der Waals surface area contributed by atoms with Crippen molar-refractivity contribution in [2.45, 2.75) is 77.9 Å². The van der Waals surface area contributed by atoms with Crippen LogP contribution < -0.4 is 5.32 Å². The molecule has 0 aromatic heterocycles. The molecule has 4 heteroatoms. The summed E-state index contributed by atoms with van der Waals surface area (Å²) in [7, 11) is 2.12. The van der Waals surface area contributed by atoms with Gasteiger partial charge in [-0.25, -0.2) is 0 Å². The van der Waals surface area contributed by atoms with Crippen molar-refractivity contribution in [3.8, 4) is 0 Å². The van der Waals surface area contributed by atoms with Gasteiger partial charge in [0.2, 0.25) is 0 Å². The summed E-state index contributed by atoms with van der Waals surface area (Å²) in [4.78, 5) is 13.7. The smallest absolute Gasteiger partial charge is 0.323 e. The van der Waals surface area contributed by atoms with Gasteiger partial charge in [0.15, 0.2) is 0 Å². The first kappa shape index (κ1) is 18.4. The van der Waals surface area contributed by atoms with E-state index in [-0.39, 0.29) is 6.04 Å². The van der Waals surface area contributed by atoms with Crippen LogP contribution in [0.25, 0.3) is 0 Å². The summed E-state index contributed by atoms with van der Waals surface area (Å²) in [6.07, 6.45) is 3.93. The Balaban J connectivity index is 4.23. The summed E-state index contributed by atoms with van der Waals surface area (Å²) >= 11 is 0. The lowest BCUT2D eigenvalue weighted by Crippen LogP contribution is -2.52. The van der Waals surface area contributed by atoms with Crippen molar-refractivity contribution in [1.29, 1.82) is 0 Å². The third kappa shape index (κ3) is 6.92. The zero-order valence-electron chi connectivity index (χ0n) is 13.5. The lowest BCUT2D eigenvalue weighted by atomic mass is 9.94. The monoisotopic (exact) mass is 272 g/mol. The molecular formula is C15H32N2O2. The predicted octanol–water partition coefficient (Wildman–Crippen LogP) is 2.73. The second-order valence-corrected chi connectivity index (χ2v) is 6.16. The molecule has 0 aliphatic carbocycles. The van der Waals surface area contributed by atoms with Crippen molar-refractivity contribution < 1.29 is 9.90 Å². The number of carboxylic acids is 1. The number of carbonyl (C=O) groups is 1. The number of hydrogen-bond donors (Lipinski definition) is 2. The highest BCUT2D eigenvalue weighted by Gasteiger charge is 2.32. The summed E-state index contributed by atoms with van der Waals surface area (Å²) in [5, 5.41) is 12.5. The molecule has 2 atom stereocenters. The fraction of sp³-hybridized carbons (Fsp3) is 0.933. The van der Waals surface area contributed by atoms with Crippen LogP contribution in [0, 0.1) is 0 Å². The average molecular weight is 272 g/mol. The van der Waals surface area contributed by atoms with Crippen molar-refractivity contribution >= 4 is 5.97 Å². The highest BCUT2D eigenvalue weighted by atomic mass is 16.4. The van der Waals surface area contributed by atoms with E-state index in [1.54, 1.807) is 6.92 Å². The normalized spacial score (nSPS) is 16.6. The molecule has 0 aromatic rings. The van der Waals surface area contributed by atoms with Gasteiger partial charge in [-0.1, -0.05) is 13.3 Å². The molecule has 0 bridgehead atoms. The van der Waals surface area contributed by atoms with Gasteiger partial charge in [-0.2, -0.15) is 0 Å². The Morgan fingerprint density at radius 2 is 1.95 bits per heavy atom. The van der Waals surface area contributed by atoms with Crippen LogP contribution in [0.3, 0.4) is 0 Å². The fourth-order valence-electron chi connectivity index (χ4n) is 2.42. The molecule has 0 heterocycles. The van der Waals surface area contributed by atoms with E-state index in [0.29, 0.717) is 12.5 Å². The van der Waals surface area contributed by atoms with Gasteiger partial charge in [0.25, 0.3) is 0 Å². The summed E-state index contributed by atoms with van der Waals surface area (Å²) in [6, 6.07) is 0.747. The molecule has 0 amide bonds. The summed E-state index contributed by atoms with van der Waals surface area (Å²) in [5.41, 5.74) is -0.816. The Morgan fingerprint density at radius 3 is 2.37 bits per heavy atom. The van der Waals surface area contributed by atoms with Crippen molar-refractivity contribution in [2.75, 3.05) is 13.6 Å². The van der Waals surface area contributed by atoms with Gasteiger partial charge in [0, 0.05) is 12.1 Å². The molecule has 0 radical (unpaired) electrons. The topological polar surface area (TPSA) is 52.6 Å². The Morgan fingerprint density at radius 1 is 1.37 bits per heavy atom. The Hall–Kier alpha value is -0.610. The van der Waals surface area contributed by atoms with Gasteiger partial charge in [0.05, 0.1) is 0 Å². The van der Waals surface area contributed by atoms with E-state index in [2.05, 4.69) is 31.1 Å². The molecule has 114 valence electrons. The third-order valence-corrected chi connectivity index (χ3v) is 3.73. The van der Waals surface area contributed by atoms with Crippen molar-refractivity contribution in [3.05, 3.63) is 0 Å². The van der Waals surface area contributed by atoms with Gasteiger partial charge in [-0.05, 0) is 60.5 Å². The Kier molecular flexibility index (Phi) is 8.26. The van der Waals surface area contributed by atoms with Crippen LogP contribution in [0.15, 0.2) is 0 Å². The van der Waals surface area contributed by atoms with Crippen LogP contribution in [-0.2, 0) is 4.79 Å². The number of aliphatic carboxylic acids is 1. The summed E-state index contributed by atoms with van der Waals surface area (Å²) < 4.78 is 0. The molecule has 4 nitrogen and oxygen atoms in total. The van der Waals surface area contributed by atoms with Crippen molar-refractivity contribution in [2.24, 2.45) is 0 Å². The van der Waals surface area contributed by atoms with E-state index >= 15 is 0 Å². The lowest BCUT2D eigenvalue weighted by molar-refractivity contribution is -0.144. The second kappa shape index (κ2) is 8.54. The summed E-state index contributed by atoms with van der Waals surface area (Å²) in [5.74, 6) is -0.759. The largest absolute Gasteiger partial charge is 0.480 e. The molecule has 0 fully saturated rings. The van der Waals surface area contributed by atoms with Crippen molar-refractivity contribution in [1.82, 2.24) is 10.2 Å². The molecule has 0 aliphatic heterocycles. The standard InChI is InChI=1S/C15H32N2O2/c1-7-9-13(4)17(6)11-8-10-15(5,14(18)19)16-12(2)3/h12-13,16H,7-11H2,1-6H3,(H,18,19). The van der Waals surface area contributed by atoms with Gasteiger partial charge in [-0.3, -0.25) is 10.1 Å². The van der Waals surface area contributed by atoms with Crippen LogP contribution in [0.5, 0.6) is 0 Å². The fourth-order valence-corrected chi connectivity index (χ4v) is 2.42. The number of hydrogen-bond acceptors (Lipinski definition) is 3. The molecule has 2 unspecified atom stereocenters. The number of nitrogens with one attached hydrogen (secondary N) is 1. The van der Waals surface area contributed by atoms with Crippen LogP contribution in [0.2, 0.25) is 0 Å². The first-order valence-corrected chi connectivity index (χ1v) is 7.44. The number of carboxylic acid groups (broad SMARTS) is 1. The van der Waals surface area contributed by atoms with Gasteiger partial charge in [-0.15, -0.1) is 0 Å². The van der Waals surface area contributed by atoms with E-state index in [4.69, 9.17) is 0 Å². The summed E-state index contributed by atoms with van der Waals surface area (Å²) in [6.45, 7) is 11.1. The Bertz CT molecular complexity index is 269. The zero-order valence-corrected chi connectivity index (χ0v) is 13.5. The molecule has 19 heavy (non-hydrogen) atoms. The zero-order chi connectivity index (χ0) is 15.1. The molecular weight excluding hydrogens is 240 g/mol. The van der Waals surface area contributed by atoms with Crippen LogP contribution >= 0.6 is 0 Å². The van der Waals surface area contributed by atoms with E-state index in [1.807, 2.05) is 13.8 Å². The maximum absolute atomic E-state index is 11.4. The second-order valence-electron chi connectivity index (χ2n) is 6.16.